The predicted molar refractivity (Wildman–Crippen MR) is 128 cm³/mol. The van der Waals surface area contributed by atoms with Crippen molar-refractivity contribution >= 4 is 16.6 Å². The minimum atomic E-state index is 0.544. The Labute approximate surface area is 189 Å². The lowest BCUT2D eigenvalue weighted by atomic mass is 10.2. The van der Waals surface area contributed by atoms with Gasteiger partial charge in [-0.25, -0.2) is 0 Å². The van der Waals surface area contributed by atoms with Crippen LogP contribution in [-0.2, 0) is 17.9 Å². The average Bonchev–Trinajstić information content (AvgIpc) is 3.51. The number of allylic oxidation sites excluding steroid dienone is 1. The Kier molecular flexibility index (Phi) is 6.12. The van der Waals surface area contributed by atoms with Crippen LogP contribution >= 0.6 is 0 Å². The first kappa shape index (κ1) is 20.6. The van der Waals surface area contributed by atoms with Crippen molar-refractivity contribution in [1.29, 1.82) is 0 Å². The fraction of sp³-hybridized carbons (Fsp3) is 0.346. The van der Waals surface area contributed by atoms with Gasteiger partial charge in [0.05, 0.1) is 25.4 Å². The van der Waals surface area contributed by atoms with Crippen molar-refractivity contribution < 1.29 is 9.47 Å². The van der Waals surface area contributed by atoms with E-state index in [1.807, 2.05) is 36.5 Å². The van der Waals surface area contributed by atoms with Crippen LogP contribution in [0.15, 0.2) is 72.8 Å². The van der Waals surface area contributed by atoms with Gasteiger partial charge in [-0.05, 0) is 74.0 Å². The van der Waals surface area contributed by atoms with E-state index < -0.39 is 0 Å². The Hall–Kier alpha value is -3.25. The van der Waals surface area contributed by atoms with Crippen LogP contribution in [0.2, 0.25) is 0 Å². The maximum Gasteiger partial charge on any atom is 0.119 e. The van der Waals surface area contributed by atoms with Crippen LogP contribution in [0.5, 0.6) is 5.75 Å². The quantitative estimate of drug-likeness (QED) is 0.524. The Morgan fingerprint density at radius 1 is 1.00 bits per heavy atom. The monoisotopic (exact) mass is 430 g/mol. The fourth-order valence-corrected chi connectivity index (χ4v) is 4.34. The van der Waals surface area contributed by atoms with Gasteiger partial charge in [-0.2, -0.15) is 5.10 Å². The molecule has 0 radical (unpaired) electrons. The molecule has 0 bridgehead atoms. The number of methoxy groups -OCH3 is 1. The van der Waals surface area contributed by atoms with Gasteiger partial charge in [0.15, 0.2) is 0 Å². The van der Waals surface area contributed by atoms with Crippen LogP contribution < -0.4 is 9.64 Å². The van der Waals surface area contributed by atoms with Gasteiger partial charge >= 0.3 is 0 Å². The van der Waals surface area contributed by atoms with E-state index in [-0.39, 0.29) is 0 Å². The van der Waals surface area contributed by atoms with Crippen LogP contribution in [0.3, 0.4) is 0 Å². The van der Waals surface area contributed by atoms with Gasteiger partial charge in [0.1, 0.15) is 18.1 Å². The molecule has 0 unspecified atom stereocenters. The summed E-state index contributed by atoms with van der Waals surface area (Å²) in [6.45, 7) is 5.81. The van der Waals surface area contributed by atoms with Crippen LogP contribution in [-0.4, -0.2) is 48.0 Å². The van der Waals surface area contributed by atoms with Crippen molar-refractivity contribution in [2.24, 2.45) is 0 Å². The van der Waals surface area contributed by atoms with E-state index in [1.54, 1.807) is 7.11 Å². The van der Waals surface area contributed by atoms with Gasteiger partial charge in [-0.1, -0.05) is 12.1 Å². The molecule has 2 aromatic carbocycles. The lowest BCUT2D eigenvalue weighted by Crippen LogP contribution is -2.24. The standard InChI is InChI=1S/C26H30N4O2/c1-31-24-7-4-21(5-8-24)20-32-25-10-14-29(15-11-25)23-6-9-26-22(18-23)19-27-30(26)17-16-28-12-2-3-13-28/h4-11,14,18-19H,2-3,12-13,15-17,20H2,1H3. The molecule has 5 rings (SSSR count). The van der Waals surface area contributed by atoms with Gasteiger partial charge in [0, 0.05) is 30.4 Å². The molecule has 2 aliphatic rings. The summed E-state index contributed by atoms with van der Waals surface area (Å²) in [5.41, 5.74) is 3.49. The van der Waals surface area contributed by atoms with Gasteiger partial charge in [-0.3, -0.25) is 4.68 Å². The molecule has 32 heavy (non-hydrogen) atoms. The summed E-state index contributed by atoms with van der Waals surface area (Å²) in [4.78, 5) is 4.75. The Morgan fingerprint density at radius 2 is 1.84 bits per heavy atom. The van der Waals surface area contributed by atoms with E-state index in [1.165, 1.54) is 42.5 Å². The third-order valence-corrected chi connectivity index (χ3v) is 6.26. The number of ether oxygens (including phenoxy) is 2. The third kappa shape index (κ3) is 4.65. The number of benzene rings is 2. The molecular formula is C26H30N4O2. The second-order valence-electron chi connectivity index (χ2n) is 8.37. The second-order valence-corrected chi connectivity index (χ2v) is 8.37. The molecule has 6 nitrogen and oxygen atoms in total. The predicted octanol–water partition coefficient (Wildman–Crippen LogP) is 4.58. The number of nitrogens with zero attached hydrogens (tertiary/aromatic N) is 4. The van der Waals surface area contributed by atoms with Crippen molar-refractivity contribution in [3.8, 4) is 5.75 Å². The molecule has 166 valence electrons. The molecule has 0 N–H and O–H groups in total. The zero-order chi connectivity index (χ0) is 21.8. The minimum absolute atomic E-state index is 0.544. The first-order valence-electron chi connectivity index (χ1n) is 11.4. The number of hydrogen-bond acceptors (Lipinski definition) is 5. The van der Waals surface area contributed by atoms with E-state index in [4.69, 9.17) is 9.47 Å². The number of rotatable bonds is 8. The highest BCUT2D eigenvalue weighted by atomic mass is 16.5. The van der Waals surface area contributed by atoms with Gasteiger partial charge < -0.3 is 19.3 Å². The molecular weight excluding hydrogens is 400 g/mol. The fourth-order valence-electron chi connectivity index (χ4n) is 4.34. The molecule has 2 aliphatic heterocycles. The topological polar surface area (TPSA) is 42.8 Å². The highest BCUT2D eigenvalue weighted by molar-refractivity contribution is 5.83. The number of likely N-dealkylation sites (tertiary alicyclic amines) is 1. The molecule has 0 atom stereocenters. The molecule has 0 spiro atoms. The van der Waals surface area contributed by atoms with E-state index >= 15 is 0 Å². The Balaban J connectivity index is 1.18. The normalized spacial score (nSPS) is 16.5. The third-order valence-electron chi connectivity index (χ3n) is 6.26. The van der Waals surface area contributed by atoms with E-state index in [0.717, 1.165) is 36.7 Å². The van der Waals surface area contributed by atoms with E-state index in [9.17, 15) is 0 Å². The maximum absolute atomic E-state index is 5.96. The van der Waals surface area contributed by atoms with Crippen LogP contribution in [0.1, 0.15) is 18.4 Å². The largest absolute Gasteiger partial charge is 0.497 e. The van der Waals surface area contributed by atoms with Gasteiger partial charge in [0.2, 0.25) is 0 Å². The summed E-state index contributed by atoms with van der Waals surface area (Å²) in [6, 6.07) is 14.5. The maximum atomic E-state index is 5.96. The molecule has 3 heterocycles. The first-order chi connectivity index (χ1) is 15.8. The van der Waals surface area contributed by atoms with Gasteiger partial charge in [-0.15, -0.1) is 0 Å². The number of anilines is 1. The molecule has 0 aliphatic carbocycles. The summed E-state index contributed by atoms with van der Waals surface area (Å²) in [5, 5.41) is 5.82. The summed E-state index contributed by atoms with van der Waals surface area (Å²) < 4.78 is 13.3. The van der Waals surface area contributed by atoms with Crippen molar-refractivity contribution in [2.45, 2.75) is 26.0 Å². The lowest BCUT2D eigenvalue weighted by Gasteiger charge is -2.23. The highest BCUT2D eigenvalue weighted by Gasteiger charge is 2.13. The molecule has 0 amide bonds. The lowest BCUT2D eigenvalue weighted by molar-refractivity contribution is 0.209. The molecule has 1 fully saturated rings. The van der Waals surface area contributed by atoms with Crippen molar-refractivity contribution in [1.82, 2.24) is 14.7 Å². The van der Waals surface area contributed by atoms with Crippen molar-refractivity contribution in [3.05, 3.63) is 78.3 Å². The molecule has 6 heteroatoms. The molecule has 1 aromatic heterocycles. The highest BCUT2D eigenvalue weighted by Crippen LogP contribution is 2.25. The van der Waals surface area contributed by atoms with Crippen molar-refractivity contribution in [2.75, 3.05) is 38.2 Å². The van der Waals surface area contributed by atoms with Gasteiger partial charge in [0.25, 0.3) is 0 Å². The minimum Gasteiger partial charge on any atom is -0.497 e. The van der Waals surface area contributed by atoms with Crippen LogP contribution in [0.4, 0.5) is 5.69 Å². The summed E-state index contributed by atoms with van der Waals surface area (Å²) >= 11 is 0. The summed E-state index contributed by atoms with van der Waals surface area (Å²) in [5.74, 6) is 1.75. The smallest absolute Gasteiger partial charge is 0.119 e. The SMILES string of the molecule is COc1ccc(COC2=CCN(c3ccc4c(cnn4CCN4CCCC4)c3)C=C2)cc1. The van der Waals surface area contributed by atoms with Crippen LogP contribution in [0.25, 0.3) is 10.9 Å². The Bertz CT molecular complexity index is 1110. The number of hydrogen-bond donors (Lipinski definition) is 0. The number of fused-ring (bicyclic) bond motifs is 1. The number of aromatic nitrogens is 2. The van der Waals surface area contributed by atoms with E-state index in [0.29, 0.717) is 6.61 Å². The summed E-state index contributed by atoms with van der Waals surface area (Å²) in [6.07, 6.45) is 10.9. The Morgan fingerprint density at radius 3 is 2.59 bits per heavy atom. The molecule has 3 aromatic rings. The second kappa shape index (κ2) is 9.49. The molecule has 0 saturated carbocycles. The summed E-state index contributed by atoms with van der Waals surface area (Å²) in [7, 11) is 1.67. The van der Waals surface area contributed by atoms with Crippen molar-refractivity contribution in [3.63, 3.8) is 0 Å². The zero-order valence-corrected chi connectivity index (χ0v) is 18.6. The first-order valence-corrected chi connectivity index (χ1v) is 11.4. The van der Waals surface area contributed by atoms with Crippen LogP contribution in [0, 0.1) is 0 Å². The van der Waals surface area contributed by atoms with E-state index in [2.05, 4.69) is 50.1 Å². The zero-order valence-electron chi connectivity index (χ0n) is 18.6. The average molecular weight is 431 g/mol. The molecule has 1 saturated heterocycles.